The van der Waals surface area contributed by atoms with Crippen LogP contribution < -0.4 is 5.32 Å². The van der Waals surface area contributed by atoms with Gasteiger partial charge in [0.25, 0.3) is 5.91 Å². The maximum atomic E-state index is 12.2. The van der Waals surface area contributed by atoms with Crippen LogP contribution in [0.1, 0.15) is 21.5 Å². The maximum absolute atomic E-state index is 12.2. The number of hydrogen-bond donors (Lipinski definition) is 1. The molecule has 0 aromatic heterocycles. The van der Waals surface area contributed by atoms with E-state index in [1.165, 1.54) is 5.56 Å². The summed E-state index contributed by atoms with van der Waals surface area (Å²) in [5.74, 6) is -0.119. The van der Waals surface area contributed by atoms with E-state index in [2.05, 4.69) is 37.2 Å². The molecule has 2 rings (SSSR count). The van der Waals surface area contributed by atoms with Crippen molar-refractivity contribution in [3.05, 3.63) is 62.0 Å². The van der Waals surface area contributed by atoms with Crippen LogP contribution in [-0.4, -0.2) is 5.91 Å². The fourth-order valence-electron chi connectivity index (χ4n) is 1.82. The number of carbonyl (C=O) groups is 1. The average molecular weight is 383 g/mol. The second-order valence-electron chi connectivity index (χ2n) is 4.40. The Morgan fingerprint density at radius 3 is 2.42 bits per heavy atom. The Bertz CT molecular complexity index is 638. The summed E-state index contributed by atoms with van der Waals surface area (Å²) in [5.41, 5.74) is 3.69. The van der Waals surface area contributed by atoms with Gasteiger partial charge < -0.3 is 5.32 Å². The topological polar surface area (TPSA) is 29.1 Å². The van der Waals surface area contributed by atoms with Crippen LogP contribution in [0, 0.1) is 13.8 Å². The van der Waals surface area contributed by atoms with Gasteiger partial charge in [0.2, 0.25) is 0 Å². The van der Waals surface area contributed by atoms with Crippen molar-refractivity contribution in [3.63, 3.8) is 0 Å². The minimum absolute atomic E-state index is 0.119. The summed E-state index contributed by atoms with van der Waals surface area (Å²) in [4.78, 5) is 12.2. The molecular formula is C15H13Br2NO. The Balaban J connectivity index is 2.25. The Morgan fingerprint density at radius 2 is 1.79 bits per heavy atom. The van der Waals surface area contributed by atoms with Gasteiger partial charge in [0.05, 0.1) is 5.56 Å². The first-order valence-electron chi connectivity index (χ1n) is 5.81. The third-order valence-electron chi connectivity index (χ3n) is 2.81. The highest BCUT2D eigenvalue weighted by atomic mass is 79.9. The summed E-state index contributed by atoms with van der Waals surface area (Å²) >= 11 is 6.77. The molecule has 4 heteroatoms. The van der Waals surface area contributed by atoms with Crippen molar-refractivity contribution in [2.45, 2.75) is 13.8 Å². The van der Waals surface area contributed by atoms with E-state index in [4.69, 9.17) is 0 Å². The molecule has 98 valence electrons. The highest BCUT2D eigenvalue weighted by Gasteiger charge is 2.11. The van der Waals surface area contributed by atoms with Crippen molar-refractivity contribution in [1.29, 1.82) is 0 Å². The predicted molar refractivity (Wildman–Crippen MR) is 85.7 cm³/mol. The van der Waals surface area contributed by atoms with E-state index in [1.54, 1.807) is 6.07 Å². The fraction of sp³-hybridized carbons (Fsp3) is 0.133. The van der Waals surface area contributed by atoms with Gasteiger partial charge in [0.15, 0.2) is 0 Å². The van der Waals surface area contributed by atoms with Gasteiger partial charge in [-0.3, -0.25) is 4.79 Å². The minimum atomic E-state index is -0.119. The summed E-state index contributed by atoms with van der Waals surface area (Å²) < 4.78 is 1.70. The molecule has 0 saturated heterocycles. The first kappa shape index (κ1) is 14.3. The Morgan fingerprint density at radius 1 is 1.05 bits per heavy atom. The standard InChI is InChI=1S/C15H13Br2NO/c1-9-3-6-14(10(2)7-9)18-15(19)12-5-4-11(16)8-13(12)17/h3-8H,1-2H3,(H,18,19). The number of carbonyl (C=O) groups excluding carboxylic acids is 1. The molecule has 0 atom stereocenters. The molecule has 0 unspecified atom stereocenters. The van der Waals surface area contributed by atoms with Crippen LogP contribution in [0.15, 0.2) is 45.3 Å². The summed E-state index contributed by atoms with van der Waals surface area (Å²) in [5, 5.41) is 2.93. The number of aryl methyl sites for hydroxylation is 2. The molecule has 0 spiro atoms. The van der Waals surface area contributed by atoms with Gasteiger partial charge in [-0.1, -0.05) is 33.6 Å². The molecule has 0 radical (unpaired) electrons. The van der Waals surface area contributed by atoms with Crippen LogP contribution in [0.25, 0.3) is 0 Å². The lowest BCUT2D eigenvalue weighted by Crippen LogP contribution is -2.13. The molecule has 0 aliphatic carbocycles. The molecule has 0 bridgehead atoms. The van der Waals surface area contributed by atoms with Crippen LogP contribution in [0.3, 0.4) is 0 Å². The predicted octanol–water partition coefficient (Wildman–Crippen LogP) is 5.08. The summed E-state index contributed by atoms with van der Waals surface area (Å²) in [6.45, 7) is 4.02. The zero-order chi connectivity index (χ0) is 14.0. The molecule has 1 amide bonds. The summed E-state index contributed by atoms with van der Waals surface area (Å²) in [6.07, 6.45) is 0. The van der Waals surface area contributed by atoms with E-state index in [9.17, 15) is 4.79 Å². The van der Waals surface area contributed by atoms with Gasteiger partial charge in [-0.25, -0.2) is 0 Å². The SMILES string of the molecule is Cc1ccc(NC(=O)c2ccc(Br)cc2Br)c(C)c1. The highest BCUT2D eigenvalue weighted by Crippen LogP contribution is 2.24. The number of hydrogen-bond acceptors (Lipinski definition) is 1. The Labute approximate surface area is 129 Å². The van der Waals surface area contributed by atoms with E-state index in [0.29, 0.717) is 5.56 Å². The van der Waals surface area contributed by atoms with Crippen molar-refractivity contribution in [2.75, 3.05) is 5.32 Å². The first-order chi connectivity index (χ1) is 8.97. The molecule has 2 aromatic carbocycles. The highest BCUT2D eigenvalue weighted by molar-refractivity contribution is 9.11. The number of anilines is 1. The number of benzene rings is 2. The monoisotopic (exact) mass is 381 g/mol. The van der Waals surface area contributed by atoms with Crippen LogP contribution in [0.5, 0.6) is 0 Å². The minimum Gasteiger partial charge on any atom is -0.322 e. The van der Waals surface area contributed by atoms with Gasteiger partial charge >= 0.3 is 0 Å². The summed E-state index contributed by atoms with van der Waals surface area (Å²) in [7, 11) is 0. The molecule has 0 aliphatic rings. The molecule has 0 heterocycles. The van der Waals surface area contributed by atoms with Crippen molar-refractivity contribution in [3.8, 4) is 0 Å². The van der Waals surface area contributed by atoms with E-state index >= 15 is 0 Å². The van der Waals surface area contributed by atoms with Gasteiger partial charge in [-0.15, -0.1) is 0 Å². The van der Waals surface area contributed by atoms with Gasteiger partial charge in [-0.2, -0.15) is 0 Å². The van der Waals surface area contributed by atoms with Crippen LogP contribution >= 0.6 is 31.9 Å². The molecule has 2 nitrogen and oxygen atoms in total. The molecule has 0 saturated carbocycles. The lowest BCUT2D eigenvalue weighted by atomic mass is 10.1. The van der Waals surface area contributed by atoms with Crippen molar-refractivity contribution >= 4 is 43.5 Å². The van der Waals surface area contributed by atoms with Gasteiger partial charge in [0.1, 0.15) is 0 Å². The van der Waals surface area contributed by atoms with Gasteiger partial charge in [-0.05, 0) is 59.6 Å². The number of rotatable bonds is 2. The largest absolute Gasteiger partial charge is 0.322 e. The smallest absolute Gasteiger partial charge is 0.256 e. The first-order valence-corrected chi connectivity index (χ1v) is 7.39. The van der Waals surface area contributed by atoms with Crippen LogP contribution in [-0.2, 0) is 0 Å². The van der Waals surface area contributed by atoms with Gasteiger partial charge in [0, 0.05) is 14.6 Å². The number of nitrogens with one attached hydrogen (secondary N) is 1. The zero-order valence-corrected chi connectivity index (χ0v) is 13.8. The molecule has 0 fully saturated rings. The van der Waals surface area contributed by atoms with E-state index in [0.717, 1.165) is 20.2 Å². The fourth-order valence-corrected chi connectivity index (χ4v) is 3.04. The number of halogens is 2. The quantitative estimate of drug-likeness (QED) is 0.770. The molecular weight excluding hydrogens is 370 g/mol. The average Bonchev–Trinajstić information content (AvgIpc) is 2.32. The van der Waals surface area contributed by atoms with E-state index in [1.807, 2.05) is 44.2 Å². The molecule has 19 heavy (non-hydrogen) atoms. The van der Waals surface area contributed by atoms with E-state index < -0.39 is 0 Å². The van der Waals surface area contributed by atoms with Crippen LogP contribution in [0.4, 0.5) is 5.69 Å². The molecule has 2 aromatic rings. The molecule has 0 aliphatic heterocycles. The summed E-state index contributed by atoms with van der Waals surface area (Å²) in [6, 6.07) is 11.5. The Kier molecular flexibility index (Phi) is 4.42. The van der Waals surface area contributed by atoms with E-state index in [-0.39, 0.29) is 5.91 Å². The lowest BCUT2D eigenvalue weighted by molar-refractivity contribution is 0.102. The second-order valence-corrected chi connectivity index (χ2v) is 6.17. The molecule has 1 N–H and O–H groups in total. The van der Waals surface area contributed by atoms with Crippen molar-refractivity contribution in [1.82, 2.24) is 0 Å². The van der Waals surface area contributed by atoms with Crippen molar-refractivity contribution in [2.24, 2.45) is 0 Å². The lowest BCUT2D eigenvalue weighted by Gasteiger charge is -2.10. The number of amides is 1. The Hall–Kier alpha value is -1.13. The third-order valence-corrected chi connectivity index (χ3v) is 3.96. The normalized spacial score (nSPS) is 10.3. The zero-order valence-electron chi connectivity index (χ0n) is 10.6. The third kappa shape index (κ3) is 3.45. The maximum Gasteiger partial charge on any atom is 0.256 e. The van der Waals surface area contributed by atoms with Crippen LogP contribution in [0.2, 0.25) is 0 Å². The second kappa shape index (κ2) is 5.88. The van der Waals surface area contributed by atoms with Crippen molar-refractivity contribution < 1.29 is 4.79 Å².